The van der Waals surface area contributed by atoms with Gasteiger partial charge in [0, 0.05) is 25.4 Å². The molecule has 0 radical (unpaired) electrons. The zero-order chi connectivity index (χ0) is 24.0. The zero-order valence-electron chi connectivity index (χ0n) is 20.5. The average Bonchev–Trinajstić information content (AvgIpc) is 3.45. The fourth-order valence-corrected chi connectivity index (χ4v) is 9.64. The normalized spacial score (nSPS) is 42.1. The van der Waals surface area contributed by atoms with Crippen LogP contribution in [0, 0.1) is 51.6 Å². The van der Waals surface area contributed by atoms with E-state index in [-0.39, 0.29) is 33.8 Å². The fraction of sp³-hybridized carbons (Fsp3) is 0.714. The number of nitrogens with one attached hydrogen (secondary N) is 1. The van der Waals surface area contributed by atoms with Crippen LogP contribution in [0.4, 0.5) is 14.5 Å². The molecular formula is C28H36F2N2O2. The maximum absolute atomic E-state index is 14.2. The van der Waals surface area contributed by atoms with Crippen LogP contribution < -0.4 is 5.32 Å². The van der Waals surface area contributed by atoms with E-state index >= 15 is 0 Å². The van der Waals surface area contributed by atoms with E-state index < -0.39 is 11.6 Å². The topological polar surface area (TPSA) is 49.4 Å². The predicted molar refractivity (Wildman–Crippen MR) is 126 cm³/mol. The molecule has 4 nitrogen and oxygen atoms in total. The molecule has 1 saturated heterocycles. The van der Waals surface area contributed by atoms with E-state index in [0.717, 1.165) is 38.2 Å². The van der Waals surface area contributed by atoms with Crippen molar-refractivity contribution in [1.29, 1.82) is 0 Å². The van der Waals surface area contributed by atoms with Crippen molar-refractivity contribution >= 4 is 17.5 Å². The van der Waals surface area contributed by atoms with Crippen LogP contribution >= 0.6 is 0 Å². The molecular weight excluding hydrogens is 434 g/mol. The van der Waals surface area contributed by atoms with Crippen molar-refractivity contribution in [3.63, 3.8) is 0 Å². The summed E-state index contributed by atoms with van der Waals surface area (Å²) in [5.41, 5.74) is 0.217. The Kier molecular flexibility index (Phi) is 4.81. The van der Waals surface area contributed by atoms with Crippen LogP contribution in [0.5, 0.6) is 0 Å². The van der Waals surface area contributed by atoms with Crippen LogP contribution in [0.15, 0.2) is 18.2 Å². The van der Waals surface area contributed by atoms with Gasteiger partial charge >= 0.3 is 0 Å². The van der Waals surface area contributed by atoms with E-state index in [1.54, 1.807) is 0 Å². The molecule has 6 rings (SSSR count). The molecule has 4 aliphatic carbocycles. The maximum Gasteiger partial charge on any atom is 0.228 e. The third kappa shape index (κ3) is 2.92. The molecule has 3 unspecified atom stereocenters. The number of hydrogen-bond donors (Lipinski definition) is 1. The number of fused-ring (bicyclic) bond motifs is 6. The van der Waals surface area contributed by atoms with Gasteiger partial charge in [0.1, 0.15) is 0 Å². The molecule has 1 aliphatic heterocycles. The summed E-state index contributed by atoms with van der Waals surface area (Å²) in [7, 11) is 2.03. The van der Waals surface area contributed by atoms with Gasteiger partial charge in [0.15, 0.2) is 11.6 Å². The average molecular weight is 471 g/mol. The standard InChI is InChI=1S/C28H36F2N2O2/c1-26-11-9-18-16(15-28(13-14-28)25-27(18,2)12-10-22(33)32(25)3)17(26)7-8-19(26)24(34)31-21-6-4-5-20(29)23(21)30/h4-6,16-19,25H,7-15H2,1-3H3,(H,31,34)/t16?,17-,18?,19+,25?,26-,27+/m0/s1. The van der Waals surface area contributed by atoms with Gasteiger partial charge < -0.3 is 10.2 Å². The Morgan fingerprint density at radius 1 is 1.03 bits per heavy atom. The van der Waals surface area contributed by atoms with E-state index in [1.165, 1.54) is 31.4 Å². The second kappa shape index (κ2) is 7.27. The van der Waals surface area contributed by atoms with Gasteiger partial charge in [-0.15, -0.1) is 0 Å². The highest BCUT2D eigenvalue weighted by Gasteiger charge is 2.70. The van der Waals surface area contributed by atoms with Crippen molar-refractivity contribution in [1.82, 2.24) is 4.90 Å². The third-order valence-corrected chi connectivity index (χ3v) is 11.2. The number of amides is 2. The quantitative estimate of drug-likeness (QED) is 0.596. The molecule has 1 heterocycles. The van der Waals surface area contributed by atoms with Gasteiger partial charge in [0.25, 0.3) is 0 Å². The van der Waals surface area contributed by atoms with E-state index in [4.69, 9.17) is 0 Å². The number of rotatable bonds is 2. The predicted octanol–water partition coefficient (Wildman–Crippen LogP) is 5.77. The van der Waals surface area contributed by atoms with Crippen LogP contribution in [-0.4, -0.2) is 29.8 Å². The van der Waals surface area contributed by atoms with Crippen LogP contribution in [0.3, 0.4) is 0 Å². The lowest BCUT2D eigenvalue weighted by molar-refractivity contribution is -0.173. The summed E-state index contributed by atoms with van der Waals surface area (Å²) in [6, 6.07) is 4.28. The van der Waals surface area contributed by atoms with E-state index in [1.807, 2.05) is 7.05 Å². The molecule has 0 bridgehead atoms. The van der Waals surface area contributed by atoms with Gasteiger partial charge in [-0.1, -0.05) is 19.9 Å². The summed E-state index contributed by atoms with van der Waals surface area (Å²) in [4.78, 5) is 28.1. The number of hydrogen-bond acceptors (Lipinski definition) is 2. The van der Waals surface area contributed by atoms with Crippen molar-refractivity contribution in [3.8, 4) is 0 Å². The highest BCUT2D eigenvalue weighted by Crippen LogP contribution is 2.73. The van der Waals surface area contributed by atoms with Crippen LogP contribution in [-0.2, 0) is 9.59 Å². The minimum Gasteiger partial charge on any atom is -0.342 e. The first kappa shape index (κ1) is 22.5. The summed E-state index contributed by atoms with van der Waals surface area (Å²) in [6.07, 6.45) is 9.11. The van der Waals surface area contributed by atoms with Gasteiger partial charge in [0.05, 0.1) is 5.69 Å². The number of nitrogens with zero attached hydrogens (tertiary/aromatic N) is 1. The Morgan fingerprint density at radius 3 is 2.50 bits per heavy atom. The van der Waals surface area contributed by atoms with Gasteiger partial charge in [-0.2, -0.15) is 0 Å². The lowest BCUT2D eigenvalue weighted by Crippen LogP contribution is -2.65. The van der Waals surface area contributed by atoms with Crippen LogP contribution in [0.2, 0.25) is 0 Å². The van der Waals surface area contributed by atoms with Gasteiger partial charge in [-0.25, -0.2) is 8.78 Å². The zero-order valence-corrected chi connectivity index (χ0v) is 20.5. The SMILES string of the molecule is CN1C(=O)CC[C@]2(C)C3CC[C@]4(C)[C@@H](C(=O)Nc5cccc(F)c5F)CC[C@H]4C3CC3(CC3)C12. The molecule has 5 fully saturated rings. The third-order valence-electron chi connectivity index (χ3n) is 11.2. The monoisotopic (exact) mass is 470 g/mol. The lowest BCUT2D eigenvalue weighted by Gasteiger charge is -2.64. The Morgan fingerprint density at radius 2 is 1.76 bits per heavy atom. The van der Waals surface area contributed by atoms with Gasteiger partial charge in [-0.3, -0.25) is 9.59 Å². The van der Waals surface area contributed by atoms with Crippen molar-refractivity contribution < 1.29 is 18.4 Å². The first-order valence-corrected chi connectivity index (χ1v) is 13.1. The Bertz CT molecular complexity index is 1050. The van der Waals surface area contributed by atoms with E-state index in [2.05, 4.69) is 24.1 Å². The Balaban J connectivity index is 1.28. The summed E-state index contributed by atoms with van der Waals surface area (Å²) >= 11 is 0. The number of benzene rings is 1. The van der Waals surface area contributed by atoms with Crippen LogP contribution in [0.25, 0.3) is 0 Å². The minimum atomic E-state index is -0.989. The second-order valence-corrected chi connectivity index (χ2v) is 12.6. The molecule has 4 saturated carbocycles. The number of halogens is 2. The summed E-state index contributed by atoms with van der Waals surface area (Å²) in [5, 5.41) is 2.72. The number of likely N-dealkylation sites (tertiary alicyclic amines) is 1. The molecule has 5 aliphatic rings. The van der Waals surface area contributed by atoms with E-state index in [9.17, 15) is 18.4 Å². The first-order valence-electron chi connectivity index (χ1n) is 13.1. The fourth-order valence-electron chi connectivity index (χ4n) is 9.64. The number of carbonyl (C=O) groups excluding carboxylic acids is 2. The van der Waals surface area contributed by atoms with Crippen molar-refractivity contribution in [3.05, 3.63) is 29.8 Å². The summed E-state index contributed by atoms with van der Waals surface area (Å²) in [6.45, 7) is 4.73. The van der Waals surface area contributed by atoms with Crippen molar-refractivity contribution in [2.75, 3.05) is 12.4 Å². The van der Waals surface area contributed by atoms with Gasteiger partial charge in [0.2, 0.25) is 11.8 Å². The molecule has 1 aromatic rings. The second-order valence-electron chi connectivity index (χ2n) is 12.6. The van der Waals surface area contributed by atoms with Crippen molar-refractivity contribution in [2.24, 2.45) is 39.9 Å². The number of piperidine rings is 1. The van der Waals surface area contributed by atoms with Crippen LogP contribution in [0.1, 0.15) is 71.6 Å². The molecule has 7 atom stereocenters. The van der Waals surface area contributed by atoms with E-state index in [0.29, 0.717) is 36.1 Å². The number of anilines is 1. The molecule has 34 heavy (non-hydrogen) atoms. The molecule has 2 amide bonds. The minimum absolute atomic E-state index is 0.0643. The summed E-state index contributed by atoms with van der Waals surface area (Å²) < 4.78 is 27.9. The maximum atomic E-state index is 14.2. The largest absolute Gasteiger partial charge is 0.342 e. The molecule has 0 aromatic heterocycles. The molecule has 1 aromatic carbocycles. The highest BCUT2D eigenvalue weighted by atomic mass is 19.2. The van der Waals surface area contributed by atoms with Crippen molar-refractivity contribution in [2.45, 2.75) is 77.7 Å². The number of carbonyl (C=O) groups is 2. The molecule has 184 valence electrons. The smallest absolute Gasteiger partial charge is 0.228 e. The Hall–Kier alpha value is -1.98. The lowest BCUT2D eigenvalue weighted by atomic mass is 9.44. The highest BCUT2D eigenvalue weighted by molar-refractivity contribution is 5.93. The molecule has 6 heteroatoms. The first-order chi connectivity index (χ1) is 16.1. The van der Waals surface area contributed by atoms with Gasteiger partial charge in [-0.05, 0) is 97.5 Å². The Labute approximate surface area is 200 Å². The molecule has 1 N–H and O–H groups in total. The summed E-state index contributed by atoms with van der Waals surface area (Å²) in [5.74, 6) is -0.351. The molecule has 1 spiro atoms.